The summed E-state index contributed by atoms with van der Waals surface area (Å²) in [5, 5.41) is 3.93. The molecule has 1 aromatic rings. The molecule has 0 spiro atoms. The fourth-order valence-electron chi connectivity index (χ4n) is 2.15. The normalized spacial score (nSPS) is 20.0. The molecule has 0 saturated heterocycles. The van der Waals surface area contributed by atoms with Crippen LogP contribution in [0, 0.1) is 0 Å². The van der Waals surface area contributed by atoms with Gasteiger partial charge in [-0.15, -0.1) is 0 Å². The second-order valence-electron chi connectivity index (χ2n) is 4.46. The first-order valence-corrected chi connectivity index (χ1v) is 6.89. The van der Waals surface area contributed by atoms with Crippen LogP contribution in [0.15, 0.2) is 40.4 Å². The summed E-state index contributed by atoms with van der Waals surface area (Å²) in [6, 6.07) is 8.78. The second kappa shape index (κ2) is 7.01. The Labute approximate surface area is 133 Å². The van der Waals surface area contributed by atoms with Gasteiger partial charge in [-0.25, -0.2) is 14.6 Å². The lowest BCUT2D eigenvalue weighted by Crippen LogP contribution is -2.50. The number of methoxy groups -OCH3 is 2. The van der Waals surface area contributed by atoms with E-state index < -0.39 is 17.7 Å². The standard InChI is InChI=1S/C15H17N3O5/c1-4-23-15(10-8-6-5-7-9-10)11(13(19)21-2)17-18-12(16-15)14(20)22-3/h5-9H,4H2,1-3H3,(H,16,18). The number of amidine groups is 1. The minimum Gasteiger partial charge on any atom is -0.464 e. The number of carbonyl (C=O) groups excluding carboxylic acids is 2. The van der Waals surface area contributed by atoms with Crippen molar-refractivity contribution in [1.82, 2.24) is 5.43 Å². The maximum Gasteiger partial charge on any atom is 0.375 e. The zero-order chi connectivity index (χ0) is 16.9. The van der Waals surface area contributed by atoms with Crippen molar-refractivity contribution in [3.8, 4) is 0 Å². The number of nitrogens with zero attached hydrogens (tertiary/aromatic N) is 2. The molecule has 1 unspecified atom stereocenters. The van der Waals surface area contributed by atoms with E-state index in [-0.39, 0.29) is 18.2 Å². The summed E-state index contributed by atoms with van der Waals surface area (Å²) in [6.07, 6.45) is 0. The smallest absolute Gasteiger partial charge is 0.375 e. The van der Waals surface area contributed by atoms with E-state index in [2.05, 4.69) is 20.3 Å². The van der Waals surface area contributed by atoms with Gasteiger partial charge in [-0.05, 0) is 6.92 Å². The lowest BCUT2D eigenvalue weighted by molar-refractivity contribution is -0.135. The van der Waals surface area contributed by atoms with E-state index in [1.807, 2.05) is 6.07 Å². The number of rotatable bonds is 5. The van der Waals surface area contributed by atoms with Crippen molar-refractivity contribution in [2.45, 2.75) is 12.6 Å². The van der Waals surface area contributed by atoms with Crippen LogP contribution >= 0.6 is 0 Å². The van der Waals surface area contributed by atoms with Crippen molar-refractivity contribution in [3.63, 3.8) is 0 Å². The van der Waals surface area contributed by atoms with Gasteiger partial charge in [0.1, 0.15) is 0 Å². The third kappa shape index (κ3) is 3.07. The molecule has 0 amide bonds. The summed E-state index contributed by atoms with van der Waals surface area (Å²) >= 11 is 0. The summed E-state index contributed by atoms with van der Waals surface area (Å²) in [6.45, 7) is 1.97. The number of aliphatic imine (C=N–C) groups is 1. The zero-order valence-electron chi connectivity index (χ0n) is 13.0. The Morgan fingerprint density at radius 1 is 1.13 bits per heavy atom. The van der Waals surface area contributed by atoms with Crippen molar-refractivity contribution >= 4 is 23.5 Å². The zero-order valence-corrected chi connectivity index (χ0v) is 13.0. The van der Waals surface area contributed by atoms with Gasteiger partial charge < -0.3 is 14.2 Å². The Morgan fingerprint density at radius 3 is 2.35 bits per heavy atom. The molecule has 1 atom stereocenters. The first kappa shape index (κ1) is 16.6. The number of hydrazone groups is 1. The fraction of sp³-hybridized carbons (Fsp3) is 0.333. The summed E-state index contributed by atoms with van der Waals surface area (Å²) < 4.78 is 15.2. The van der Waals surface area contributed by atoms with Gasteiger partial charge in [0, 0.05) is 12.2 Å². The van der Waals surface area contributed by atoms with Crippen molar-refractivity contribution < 1.29 is 23.8 Å². The van der Waals surface area contributed by atoms with Crippen LogP contribution in [0.3, 0.4) is 0 Å². The fourth-order valence-corrected chi connectivity index (χ4v) is 2.15. The number of carbonyl (C=O) groups is 2. The van der Waals surface area contributed by atoms with Gasteiger partial charge in [0.25, 0.3) is 0 Å². The Bertz CT molecular complexity index is 656. The molecule has 0 aromatic heterocycles. The van der Waals surface area contributed by atoms with Gasteiger partial charge in [-0.2, -0.15) is 5.10 Å². The number of esters is 2. The molecule has 8 heteroatoms. The van der Waals surface area contributed by atoms with Crippen LogP contribution in [0.4, 0.5) is 0 Å². The lowest BCUT2D eigenvalue weighted by Gasteiger charge is -2.32. The average molecular weight is 319 g/mol. The molecule has 0 fully saturated rings. The molecule has 8 nitrogen and oxygen atoms in total. The highest BCUT2D eigenvalue weighted by Crippen LogP contribution is 2.32. The molecule has 23 heavy (non-hydrogen) atoms. The highest BCUT2D eigenvalue weighted by Gasteiger charge is 2.47. The maximum absolute atomic E-state index is 12.1. The Balaban J connectivity index is 2.64. The molecule has 1 N–H and O–H groups in total. The molecule has 2 rings (SSSR count). The molecule has 1 aromatic carbocycles. The van der Waals surface area contributed by atoms with Crippen LogP contribution in [0.1, 0.15) is 12.5 Å². The van der Waals surface area contributed by atoms with Crippen LogP contribution < -0.4 is 5.43 Å². The van der Waals surface area contributed by atoms with Gasteiger partial charge in [-0.3, -0.25) is 5.43 Å². The SMILES string of the molecule is CCOC1(c2ccccc2)N=C(C(=O)OC)NN=C1C(=O)OC. The molecule has 0 bridgehead atoms. The number of ether oxygens (including phenoxy) is 3. The van der Waals surface area contributed by atoms with Gasteiger partial charge in [0.05, 0.1) is 14.2 Å². The van der Waals surface area contributed by atoms with Crippen molar-refractivity contribution in [2.75, 3.05) is 20.8 Å². The van der Waals surface area contributed by atoms with E-state index >= 15 is 0 Å². The third-order valence-corrected chi connectivity index (χ3v) is 3.14. The predicted molar refractivity (Wildman–Crippen MR) is 81.8 cm³/mol. The topological polar surface area (TPSA) is 98.6 Å². The van der Waals surface area contributed by atoms with Crippen LogP contribution in [0.5, 0.6) is 0 Å². The molecule has 1 aliphatic heterocycles. The molecular weight excluding hydrogens is 302 g/mol. The van der Waals surface area contributed by atoms with E-state index in [9.17, 15) is 9.59 Å². The Kier molecular flexibility index (Phi) is 5.07. The Hall–Kier alpha value is -2.74. The first-order valence-electron chi connectivity index (χ1n) is 6.89. The van der Waals surface area contributed by atoms with E-state index in [1.54, 1.807) is 31.2 Å². The number of nitrogens with one attached hydrogen (secondary N) is 1. The van der Waals surface area contributed by atoms with E-state index in [4.69, 9.17) is 9.47 Å². The molecule has 0 radical (unpaired) electrons. The summed E-state index contributed by atoms with van der Waals surface area (Å²) in [7, 11) is 2.45. The van der Waals surface area contributed by atoms with Crippen molar-refractivity contribution in [2.24, 2.45) is 10.1 Å². The quantitative estimate of drug-likeness (QED) is 0.797. The minimum atomic E-state index is -1.59. The van der Waals surface area contributed by atoms with Crippen LogP contribution in [-0.2, 0) is 29.5 Å². The van der Waals surface area contributed by atoms with Crippen LogP contribution in [0.2, 0.25) is 0 Å². The highest BCUT2D eigenvalue weighted by atomic mass is 16.5. The summed E-state index contributed by atoms with van der Waals surface area (Å²) in [5.74, 6) is -1.61. The monoisotopic (exact) mass is 319 g/mol. The third-order valence-electron chi connectivity index (χ3n) is 3.14. The van der Waals surface area contributed by atoms with Crippen molar-refractivity contribution in [3.05, 3.63) is 35.9 Å². The summed E-state index contributed by atoms with van der Waals surface area (Å²) in [4.78, 5) is 28.2. The number of hydrogen-bond donors (Lipinski definition) is 1. The van der Waals surface area contributed by atoms with Gasteiger partial charge >= 0.3 is 11.9 Å². The Morgan fingerprint density at radius 2 is 1.78 bits per heavy atom. The van der Waals surface area contributed by atoms with E-state index in [0.717, 1.165) is 0 Å². The maximum atomic E-state index is 12.1. The lowest BCUT2D eigenvalue weighted by atomic mass is 9.97. The van der Waals surface area contributed by atoms with Crippen LogP contribution in [-0.4, -0.2) is 44.3 Å². The average Bonchev–Trinajstić information content (AvgIpc) is 2.61. The van der Waals surface area contributed by atoms with E-state index in [0.29, 0.717) is 5.56 Å². The van der Waals surface area contributed by atoms with Crippen molar-refractivity contribution in [1.29, 1.82) is 0 Å². The van der Waals surface area contributed by atoms with Gasteiger partial charge in [0.15, 0.2) is 0 Å². The largest absolute Gasteiger partial charge is 0.464 e. The molecule has 1 aliphatic rings. The minimum absolute atomic E-state index is 0.110. The van der Waals surface area contributed by atoms with Gasteiger partial charge in [-0.1, -0.05) is 30.3 Å². The van der Waals surface area contributed by atoms with Gasteiger partial charge in [0.2, 0.25) is 17.3 Å². The number of benzene rings is 1. The van der Waals surface area contributed by atoms with Crippen LogP contribution in [0.25, 0.3) is 0 Å². The number of hydrogen-bond acceptors (Lipinski definition) is 8. The molecule has 1 heterocycles. The first-order chi connectivity index (χ1) is 11.1. The predicted octanol–water partition coefficient (Wildman–Crippen LogP) is 0.580. The molecular formula is C15H17N3O5. The summed E-state index contributed by atoms with van der Waals surface area (Å²) in [5.41, 5.74) is 1.24. The highest BCUT2D eigenvalue weighted by molar-refractivity contribution is 6.43. The second-order valence-corrected chi connectivity index (χ2v) is 4.46. The van der Waals surface area contributed by atoms with E-state index in [1.165, 1.54) is 14.2 Å². The molecule has 0 aliphatic carbocycles. The molecule has 0 saturated carbocycles. The molecule has 122 valence electrons.